The Morgan fingerprint density at radius 1 is 1.29 bits per heavy atom. The summed E-state index contributed by atoms with van der Waals surface area (Å²) in [5.74, 6) is -0.253. The molecule has 0 aromatic carbocycles. The first-order chi connectivity index (χ1) is 10.0. The first-order valence-electron chi connectivity index (χ1n) is 7.96. The summed E-state index contributed by atoms with van der Waals surface area (Å²) in [6.07, 6.45) is 5.31. The van der Waals surface area contributed by atoms with Crippen molar-refractivity contribution in [2.75, 3.05) is 6.54 Å². The molecule has 4 amide bonds. The van der Waals surface area contributed by atoms with Gasteiger partial charge in [0, 0.05) is 19.0 Å². The molecular weight excluding hydrogens is 270 g/mol. The van der Waals surface area contributed by atoms with Crippen molar-refractivity contribution in [3.05, 3.63) is 0 Å². The maximum Gasteiger partial charge on any atom is 0.325 e. The molecule has 2 N–H and O–H groups in total. The van der Waals surface area contributed by atoms with Gasteiger partial charge in [-0.2, -0.15) is 0 Å². The van der Waals surface area contributed by atoms with E-state index in [1.54, 1.807) is 0 Å². The Morgan fingerprint density at radius 3 is 2.48 bits per heavy atom. The number of imide groups is 1. The molecule has 2 fully saturated rings. The van der Waals surface area contributed by atoms with E-state index in [0.717, 1.165) is 25.7 Å². The standard InChI is InChI=1S/C15H25N3O3/c1-3-11(4-2)16-12(19)7-10-18-13(20)15(17-14(18)21)8-5-6-9-15/h11H,3-10H2,1-2H3,(H,16,19)(H,17,21). The normalized spacial score (nSPS) is 20.4. The minimum atomic E-state index is -0.678. The summed E-state index contributed by atoms with van der Waals surface area (Å²) in [4.78, 5) is 37.4. The largest absolute Gasteiger partial charge is 0.353 e. The van der Waals surface area contributed by atoms with Gasteiger partial charge in [0.05, 0.1) is 0 Å². The first-order valence-corrected chi connectivity index (χ1v) is 7.96. The van der Waals surface area contributed by atoms with Crippen LogP contribution in [0.5, 0.6) is 0 Å². The van der Waals surface area contributed by atoms with E-state index in [-0.39, 0.29) is 36.9 Å². The third kappa shape index (κ3) is 3.19. The number of nitrogens with zero attached hydrogens (tertiary/aromatic N) is 1. The van der Waals surface area contributed by atoms with Crippen LogP contribution in [-0.4, -0.2) is 40.9 Å². The van der Waals surface area contributed by atoms with Crippen LogP contribution in [0.3, 0.4) is 0 Å². The highest BCUT2D eigenvalue weighted by Gasteiger charge is 2.52. The summed E-state index contributed by atoms with van der Waals surface area (Å²) in [7, 11) is 0. The fourth-order valence-electron chi connectivity index (χ4n) is 3.20. The molecule has 21 heavy (non-hydrogen) atoms. The number of urea groups is 1. The predicted octanol–water partition coefficient (Wildman–Crippen LogP) is 1.55. The Balaban J connectivity index is 1.87. The topological polar surface area (TPSA) is 78.5 Å². The zero-order valence-corrected chi connectivity index (χ0v) is 12.9. The molecule has 1 saturated carbocycles. The minimum absolute atomic E-state index is 0.100. The van der Waals surface area contributed by atoms with Crippen molar-refractivity contribution in [3.8, 4) is 0 Å². The highest BCUT2D eigenvalue weighted by atomic mass is 16.2. The lowest BCUT2D eigenvalue weighted by molar-refractivity contribution is -0.131. The summed E-state index contributed by atoms with van der Waals surface area (Å²) in [5, 5.41) is 5.74. The lowest BCUT2D eigenvalue weighted by Crippen LogP contribution is -2.44. The highest BCUT2D eigenvalue weighted by Crippen LogP contribution is 2.34. The second kappa shape index (κ2) is 6.45. The number of rotatable bonds is 6. The van der Waals surface area contributed by atoms with Crippen LogP contribution in [0, 0.1) is 0 Å². The molecular formula is C15H25N3O3. The number of carbonyl (C=O) groups is 3. The fourth-order valence-corrected chi connectivity index (χ4v) is 3.20. The maximum atomic E-state index is 12.4. The summed E-state index contributed by atoms with van der Waals surface area (Å²) < 4.78 is 0. The van der Waals surface area contributed by atoms with E-state index in [1.807, 2.05) is 13.8 Å². The zero-order valence-electron chi connectivity index (χ0n) is 12.9. The number of nitrogens with one attached hydrogen (secondary N) is 2. The van der Waals surface area contributed by atoms with Gasteiger partial charge in [-0.1, -0.05) is 26.7 Å². The fraction of sp³-hybridized carbons (Fsp3) is 0.800. The van der Waals surface area contributed by atoms with Crippen LogP contribution < -0.4 is 10.6 Å². The minimum Gasteiger partial charge on any atom is -0.353 e. The molecule has 6 nitrogen and oxygen atoms in total. The van der Waals surface area contributed by atoms with Crippen LogP contribution in [0.15, 0.2) is 0 Å². The number of hydrogen-bond acceptors (Lipinski definition) is 3. The molecule has 118 valence electrons. The van der Waals surface area contributed by atoms with Crippen LogP contribution in [-0.2, 0) is 9.59 Å². The molecule has 1 saturated heterocycles. The van der Waals surface area contributed by atoms with E-state index in [0.29, 0.717) is 12.8 Å². The van der Waals surface area contributed by atoms with Crippen LogP contribution in [0.4, 0.5) is 4.79 Å². The zero-order chi connectivity index (χ0) is 15.5. The molecule has 0 aromatic rings. The summed E-state index contributed by atoms with van der Waals surface area (Å²) in [6, 6.07) is -0.181. The summed E-state index contributed by atoms with van der Waals surface area (Å²) in [5.41, 5.74) is -0.678. The molecule has 0 bridgehead atoms. The Hall–Kier alpha value is -1.59. The van der Waals surface area contributed by atoms with E-state index >= 15 is 0 Å². The van der Waals surface area contributed by atoms with E-state index in [4.69, 9.17) is 0 Å². The average molecular weight is 295 g/mol. The average Bonchev–Trinajstić information content (AvgIpc) is 3.02. The quantitative estimate of drug-likeness (QED) is 0.730. The smallest absolute Gasteiger partial charge is 0.325 e. The number of carbonyl (C=O) groups excluding carboxylic acids is 3. The van der Waals surface area contributed by atoms with Gasteiger partial charge in [-0.15, -0.1) is 0 Å². The molecule has 6 heteroatoms. The maximum absolute atomic E-state index is 12.4. The molecule has 0 atom stereocenters. The van der Waals surface area contributed by atoms with E-state index in [1.165, 1.54) is 4.90 Å². The van der Waals surface area contributed by atoms with Crippen molar-refractivity contribution in [2.45, 2.75) is 70.4 Å². The molecule has 1 aliphatic carbocycles. The van der Waals surface area contributed by atoms with Gasteiger partial charge < -0.3 is 10.6 Å². The SMILES string of the molecule is CCC(CC)NC(=O)CCN1C(=O)NC2(CCCC2)C1=O. The van der Waals surface area contributed by atoms with Crippen molar-refractivity contribution in [1.82, 2.24) is 15.5 Å². The lowest BCUT2D eigenvalue weighted by Gasteiger charge is -2.20. The van der Waals surface area contributed by atoms with Crippen LogP contribution in [0.2, 0.25) is 0 Å². The van der Waals surface area contributed by atoms with Crippen molar-refractivity contribution < 1.29 is 14.4 Å². The third-order valence-corrected chi connectivity index (χ3v) is 4.62. The molecule has 2 rings (SSSR count). The molecule has 1 spiro atoms. The summed E-state index contributed by atoms with van der Waals surface area (Å²) in [6.45, 7) is 4.21. The Morgan fingerprint density at radius 2 is 1.90 bits per heavy atom. The van der Waals surface area contributed by atoms with Crippen molar-refractivity contribution in [1.29, 1.82) is 0 Å². The van der Waals surface area contributed by atoms with Gasteiger partial charge in [-0.25, -0.2) is 4.79 Å². The Labute approximate surface area is 125 Å². The van der Waals surface area contributed by atoms with Gasteiger partial charge >= 0.3 is 6.03 Å². The molecule has 0 aromatic heterocycles. The predicted molar refractivity (Wildman–Crippen MR) is 78.6 cm³/mol. The summed E-state index contributed by atoms with van der Waals surface area (Å²) >= 11 is 0. The van der Waals surface area contributed by atoms with Gasteiger partial charge in [0.1, 0.15) is 5.54 Å². The van der Waals surface area contributed by atoms with E-state index < -0.39 is 5.54 Å². The van der Waals surface area contributed by atoms with Gasteiger partial charge in [0.15, 0.2) is 0 Å². The molecule has 0 unspecified atom stereocenters. The van der Waals surface area contributed by atoms with Gasteiger partial charge in [-0.05, 0) is 25.7 Å². The second-order valence-corrected chi connectivity index (χ2v) is 6.01. The van der Waals surface area contributed by atoms with Crippen molar-refractivity contribution >= 4 is 17.8 Å². The molecule has 2 aliphatic rings. The van der Waals surface area contributed by atoms with E-state index in [9.17, 15) is 14.4 Å². The van der Waals surface area contributed by atoms with Gasteiger partial charge in [0.25, 0.3) is 5.91 Å². The van der Waals surface area contributed by atoms with Crippen LogP contribution in [0.25, 0.3) is 0 Å². The first kappa shape index (κ1) is 15.8. The molecule has 1 aliphatic heterocycles. The Bertz CT molecular complexity index is 426. The number of hydrogen-bond donors (Lipinski definition) is 2. The monoisotopic (exact) mass is 295 g/mol. The highest BCUT2D eigenvalue weighted by molar-refractivity contribution is 6.07. The van der Waals surface area contributed by atoms with Crippen molar-refractivity contribution in [2.24, 2.45) is 0 Å². The van der Waals surface area contributed by atoms with Gasteiger partial charge in [-0.3, -0.25) is 14.5 Å². The van der Waals surface area contributed by atoms with Crippen LogP contribution in [0.1, 0.15) is 58.8 Å². The number of amides is 4. The van der Waals surface area contributed by atoms with E-state index in [2.05, 4.69) is 10.6 Å². The third-order valence-electron chi connectivity index (χ3n) is 4.62. The lowest BCUT2D eigenvalue weighted by atomic mass is 9.98. The van der Waals surface area contributed by atoms with Crippen LogP contribution >= 0.6 is 0 Å². The second-order valence-electron chi connectivity index (χ2n) is 6.01. The molecule has 0 radical (unpaired) electrons. The van der Waals surface area contributed by atoms with Gasteiger partial charge in [0.2, 0.25) is 5.91 Å². The molecule has 1 heterocycles. The Kier molecular flexibility index (Phi) is 4.85. The van der Waals surface area contributed by atoms with Crippen molar-refractivity contribution in [3.63, 3.8) is 0 Å².